The van der Waals surface area contributed by atoms with Crippen LogP contribution in [0.3, 0.4) is 0 Å². The summed E-state index contributed by atoms with van der Waals surface area (Å²) in [6, 6.07) is 17.2. The molecule has 1 aromatic heterocycles. The van der Waals surface area contributed by atoms with Gasteiger partial charge in [-0.3, -0.25) is 4.79 Å². The molecule has 107 valence electrons. The molecule has 1 radical (unpaired) electrons. The van der Waals surface area contributed by atoms with Crippen molar-refractivity contribution in [2.75, 3.05) is 5.32 Å². The Kier molecular flexibility index (Phi) is 5.81. The number of fused-ring (bicyclic) bond motifs is 1. The molecule has 1 unspecified atom stereocenters. The van der Waals surface area contributed by atoms with E-state index in [-0.39, 0.29) is 44.5 Å². The number of nitrogens with one attached hydrogen (secondary N) is 1. The zero-order valence-electron chi connectivity index (χ0n) is 12.3. The number of nitrogens with zero attached hydrogens (tertiary/aromatic N) is 1. The van der Waals surface area contributed by atoms with Gasteiger partial charge in [0.05, 0.1) is 0 Å². The van der Waals surface area contributed by atoms with Crippen LogP contribution in [0.5, 0.6) is 0 Å². The summed E-state index contributed by atoms with van der Waals surface area (Å²) in [5.41, 5.74) is 1.87. The largest absolute Gasteiger partial charge is 0.373 e. The van der Waals surface area contributed by atoms with Crippen LogP contribution >= 0.6 is 0 Å². The van der Waals surface area contributed by atoms with Crippen molar-refractivity contribution in [3.63, 3.8) is 0 Å². The molecule has 4 heteroatoms. The van der Waals surface area contributed by atoms with E-state index in [2.05, 4.69) is 16.5 Å². The summed E-state index contributed by atoms with van der Waals surface area (Å²) in [4.78, 5) is 15.9. The second-order valence-corrected chi connectivity index (χ2v) is 4.96. The van der Waals surface area contributed by atoms with Gasteiger partial charge in [0.1, 0.15) is 6.04 Å². The summed E-state index contributed by atoms with van der Waals surface area (Å²) in [6.45, 7) is 1.60. The number of hydrogen-bond acceptors (Lipinski definition) is 3. The third-order valence-electron chi connectivity index (χ3n) is 3.42. The molecule has 0 bridgehead atoms. The van der Waals surface area contributed by atoms with Gasteiger partial charge in [0.15, 0.2) is 5.78 Å². The molecular formula is C18H15N2OY-. The van der Waals surface area contributed by atoms with Crippen LogP contribution in [-0.2, 0) is 37.5 Å². The van der Waals surface area contributed by atoms with Gasteiger partial charge in [0, 0.05) is 38.4 Å². The third kappa shape index (κ3) is 3.79. The molecule has 0 saturated heterocycles. The average Bonchev–Trinajstić information content (AvgIpc) is 2.53. The first-order valence-corrected chi connectivity index (χ1v) is 6.82. The Hall–Kier alpha value is -1.58. The first-order chi connectivity index (χ1) is 10.2. The molecule has 0 spiro atoms. The van der Waals surface area contributed by atoms with E-state index in [1.165, 1.54) is 0 Å². The molecule has 1 atom stereocenters. The van der Waals surface area contributed by atoms with E-state index >= 15 is 0 Å². The van der Waals surface area contributed by atoms with E-state index in [1.54, 1.807) is 13.1 Å². The summed E-state index contributed by atoms with van der Waals surface area (Å²) >= 11 is 0. The molecule has 0 aliphatic heterocycles. The number of carbonyl (C=O) groups is 1. The maximum Gasteiger partial charge on any atom is 0.156 e. The minimum Gasteiger partial charge on any atom is -0.373 e. The molecule has 0 aliphatic rings. The number of ketones is 1. The molecule has 2 aromatic carbocycles. The van der Waals surface area contributed by atoms with Crippen molar-refractivity contribution in [1.82, 2.24) is 4.98 Å². The van der Waals surface area contributed by atoms with E-state index in [1.807, 2.05) is 54.6 Å². The normalized spacial score (nSPS) is 11.5. The maximum absolute atomic E-state index is 11.9. The van der Waals surface area contributed by atoms with Crippen molar-refractivity contribution in [2.45, 2.75) is 13.0 Å². The number of pyridine rings is 1. The average molecular weight is 364 g/mol. The van der Waals surface area contributed by atoms with Gasteiger partial charge in [-0.1, -0.05) is 48.7 Å². The van der Waals surface area contributed by atoms with Crippen LogP contribution in [0.25, 0.3) is 10.8 Å². The van der Waals surface area contributed by atoms with Crippen LogP contribution in [0.15, 0.2) is 60.8 Å². The number of hydrogen-bond donors (Lipinski definition) is 1. The topological polar surface area (TPSA) is 42.0 Å². The third-order valence-corrected chi connectivity index (χ3v) is 3.42. The van der Waals surface area contributed by atoms with Crippen molar-refractivity contribution in [2.24, 2.45) is 0 Å². The standard InChI is InChI=1S/C18H15N2O.Y/c1-13(21)18(14-5-3-2-4-6-14)20-17-8-7-16-12-19-10-9-15(16)11-17;/h2-11,18,20H,1H3;/q-1;. The summed E-state index contributed by atoms with van der Waals surface area (Å²) in [7, 11) is 0. The number of anilines is 1. The van der Waals surface area contributed by atoms with Crippen LogP contribution in [0.1, 0.15) is 18.5 Å². The SMILES string of the molecule is CC(=O)C(Nc1ccc2[c-]nccc2c1)c1ccccc1.[Y]. The van der Waals surface area contributed by atoms with Gasteiger partial charge < -0.3 is 10.3 Å². The van der Waals surface area contributed by atoms with Gasteiger partial charge >= 0.3 is 0 Å². The number of Topliss-reactive ketones (excluding diaryl/α,β-unsaturated/α-hetero) is 1. The van der Waals surface area contributed by atoms with Crippen LogP contribution < -0.4 is 5.32 Å². The summed E-state index contributed by atoms with van der Waals surface area (Å²) in [5, 5.41) is 5.31. The molecule has 3 nitrogen and oxygen atoms in total. The predicted molar refractivity (Wildman–Crippen MR) is 84.1 cm³/mol. The number of rotatable bonds is 4. The summed E-state index contributed by atoms with van der Waals surface area (Å²) < 4.78 is 0. The van der Waals surface area contributed by atoms with E-state index in [4.69, 9.17) is 0 Å². The molecule has 3 rings (SSSR count). The Morgan fingerprint density at radius 2 is 1.91 bits per heavy atom. The molecule has 0 fully saturated rings. The van der Waals surface area contributed by atoms with Gasteiger partial charge in [-0.05, 0) is 18.7 Å². The van der Waals surface area contributed by atoms with Gasteiger partial charge in [0.2, 0.25) is 0 Å². The second-order valence-electron chi connectivity index (χ2n) is 4.96. The van der Waals surface area contributed by atoms with Crippen molar-refractivity contribution in [1.29, 1.82) is 0 Å². The van der Waals surface area contributed by atoms with Crippen LogP contribution in [-0.4, -0.2) is 10.8 Å². The fourth-order valence-electron chi connectivity index (χ4n) is 2.35. The predicted octanol–water partition coefficient (Wildman–Crippen LogP) is 3.77. The molecule has 0 saturated carbocycles. The molecule has 1 heterocycles. The summed E-state index contributed by atoms with van der Waals surface area (Å²) in [5.74, 6) is 0.0857. The van der Waals surface area contributed by atoms with Crippen LogP contribution in [0.2, 0.25) is 0 Å². The second kappa shape index (κ2) is 7.62. The first-order valence-electron chi connectivity index (χ1n) is 6.82. The Balaban J connectivity index is 0.00000176. The van der Waals surface area contributed by atoms with Gasteiger partial charge in [-0.25, -0.2) is 0 Å². The fourth-order valence-corrected chi connectivity index (χ4v) is 2.35. The van der Waals surface area contributed by atoms with E-state index in [0.717, 1.165) is 22.0 Å². The smallest absolute Gasteiger partial charge is 0.156 e. The quantitative estimate of drug-likeness (QED) is 0.717. The summed E-state index contributed by atoms with van der Waals surface area (Å²) in [6.07, 6.45) is 4.66. The van der Waals surface area contributed by atoms with Crippen LogP contribution in [0.4, 0.5) is 5.69 Å². The maximum atomic E-state index is 11.9. The van der Waals surface area contributed by atoms with Crippen LogP contribution in [0, 0.1) is 6.20 Å². The Bertz CT molecular complexity index is 774. The van der Waals surface area contributed by atoms with Crippen molar-refractivity contribution < 1.29 is 37.5 Å². The Morgan fingerprint density at radius 1 is 1.14 bits per heavy atom. The first kappa shape index (κ1) is 16.8. The van der Waals surface area contributed by atoms with E-state index < -0.39 is 0 Å². The minimum absolute atomic E-state index is 0. The minimum atomic E-state index is -0.338. The van der Waals surface area contributed by atoms with Crippen molar-refractivity contribution in [3.8, 4) is 0 Å². The van der Waals surface area contributed by atoms with Gasteiger partial charge in [0.25, 0.3) is 0 Å². The van der Waals surface area contributed by atoms with Crippen molar-refractivity contribution >= 4 is 22.2 Å². The zero-order valence-corrected chi connectivity index (χ0v) is 15.1. The zero-order chi connectivity index (χ0) is 14.7. The molecule has 0 aliphatic carbocycles. The number of benzene rings is 2. The Labute approximate surface area is 155 Å². The number of carbonyl (C=O) groups excluding carboxylic acids is 1. The fraction of sp³-hybridized carbons (Fsp3) is 0.111. The van der Waals surface area contributed by atoms with E-state index in [0.29, 0.717) is 0 Å². The monoisotopic (exact) mass is 364 g/mol. The molecular weight excluding hydrogens is 349 g/mol. The van der Waals surface area contributed by atoms with Gasteiger partial charge in [-0.2, -0.15) is 0 Å². The molecule has 0 amide bonds. The number of aromatic nitrogens is 1. The molecule has 1 N–H and O–H groups in total. The molecule has 22 heavy (non-hydrogen) atoms. The van der Waals surface area contributed by atoms with Crippen molar-refractivity contribution in [3.05, 3.63) is 72.6 Å². The Morgan fingerprint density at radius 3 is 2.64 bits per heavy atom. The van der Waals surface area contributed by atoms with E-state index in [9.17, 15) is 4.79 Å². The molecule has 3 aromatic rings. The van der Waals surface area contributed by atoms with Gasteiger partial charge in [-0.15, -0.1) is 22.9 Å².